The minimum atomic E-state index is -0.370. The maximum Gasteiger partial charge on any atom is 0.330 e. The predicted molar refractivity (Wildman–Crippen MR) is 80.5 cm³/mol. The van der Waals surface area contributed by atoms with Gasteiger partial charge < -0.3 is 9.88 Å². The Hall–Kier alpha value is -1.89. The van der Waals surface area contributed by atoms with E-state index in [1.807, 2.05) is 4.57 Å². The van der Waals surface area contributed by atoms with Crippen LogP contribution in [0.4, 0.5) is 0 Å². The van der Waals surface area contributed by atoms with Gasteiger partial charge in [-0.1, -0.05) is 13.3 Å². The van der Waals surface area contributed by atoms with E-state index in [1.54, 1.807) is 10.9 Å². The third kappa shape index (κ3) is 2.65. The Morgan fingerprint density at radius 2 is 2.29 bits per heavy atom. The zero-order valence-corrected chi connectivity index (χ0v) is 12.3. The van der Waals surface area contributed by atoms with Crippen LogP contribution in [0.1, 0.15) is 32.6 Å². The maximum absolute atomic E-state index is 12.1. The highest BCUT2D eigenvalue weighted by molar-refractivity contribution is 5.69. The highest BCUT2D eigenvalue weighted by atomic mass is 16.2. The van der Waals surface area contributed by atoms with Gasteiger partial charge >= 0.3 is 5.69 Å². The Balaban J connectivity index is 2.03. The Kier molecular flexibility index (Phi) is 3.92. The van der Waals surface area contributed by atoms with Crippen LogP contribution < -0.4 is 16.6 Å². The van der Waals surface area contributed by atoms with Crippen LogP contribution in [0.25, 0.3) is 11.2 Å². The number of aryl methyl sites for hydroxylation is 1. The standard InChI is InChI=1S/C14H21N5O2/c1-2-3-7-19-12-11(13(20)17-14(19)21)18(9-16-12)8-10-5-4-6-15-10/h9-10,15H,2-8H2,1H3,(H,17,20,21). The number of aromatic amines is 1. The van der Waals surface area contributed by atoms with Gasteiger partial charge in [0.25, 0.3) is 5.56 Å². The molecule has 1 aliphatic rings. The number of rotatable bonds is 5. The van der Waals surface area contributed by atoms with E-state index in [-0.39, 0.29) is 11.2 Å². The van der Waals surface area contributed by atoms with Crippen LogP contribution in [0.3, 0.4) is 0 Å². The Morgan fingerprint density at radius 1 is 1.43 bits per heavy atom. The van der Waals surface area contributed by atoms with E-state index in [1.165, 1.54) is 0 Å². The SMILES string of the molecule is CCCCn1c(=O)[nH]c(=O)c2c1ncn2CC1CCCN1. The fraction of sp³-hybridized carbons (Fsp3) is 0.643. The Morgan fingerprint density at radius 3 is 3.00 bits per heavy atom. The molecule has 0 amide bonds. The number of aromatic nitrogens is 4. The topological polar surface area (TPSA) is 84.7 Å². The lowest BCUT2D eigenvalue weighted by atomic mass is 10.2. The van der Waals surface area contributed by atoms with Crippen molar-refractivity contribution >= 4 is 11.2 Å². The summed E-state index contributed by atoms with van der Waals surface area (Å²) in [5, 5.41) is 3.41. The summed E-state index contributed by atoms with van der Waals surface area (Å²) in [4.78, 5) is 30.8. The van der Waals surface area contributed by atoms with Crippen molar-refractivity contribution in [3.63, 3.8) is 0 Å². The van der Waals surface area contributed by atoms with E-state index in [0.29, 0.717) is 30.3 Å². The molecule has 1 fully saturated rings. The first-order chi connectivity index (χ1) is 10.2. The number of hydrogen-bond acceptors (Lipinski definition) is 4. The molecule has 2 aromatic heterocycles. The highest BCUT2D eigenvalue weighted by Gasteiger charge is 2.18. The van der Waals surface area contributed by atoms with Gasteiger partial charge in [0.1, 0.15) is 0 Å². The second-order valence-corrected chi connectivity index (χ2v) is 5.63. The molecule has 3 heterocycles. The quantitative estimate of drug-likeness (QED) is 0.837. The molecule has 2 N–H and O–H groups in total. The number of nitrogens with one attached hydrogen (secondary N) is 2. The first kappa shape index (κ1) is 14.1. The first-order valence-electron chi connectivity index (χ1n) is 7.62. The van der Waals surface area contributed by atoms with Crippen molar-refractivity contribution in [3.8, 4) is 0 Å². The molecule has 7 nitrogen and oxygen atoms in total. The van der Waals surface area contributed by atoms with E-state index in [4.69, 9.17) is 0 Å². The smallest absolute Gasteiger partial charge is 0.323 e. The van der Waals surface area contributed by atoms with Crippen molar-refractivity contribution in [2.75, 3.05) is 6.54 Å². The largest absolute Gasteiger partial charge is 0.330 e. The van der Waals surface area contributed by atoms with Gasteiger partial charge in [0.15, 0.2) is 11.2 Å². The maximum atomic E-state index is 12.1. The second kappa shape index (κ2) is 5.85. The molecule has 21 heavy (non-hydrogen) atoms. The minimum absolute atomic E-state index is 0.349. The molecule has 1 unspecified atom stereocenters. The lowest BCUT2D eigenvalue weighted by Crippen LogP contribution is -2.32. The summed E-state index contributed by atoms with van der Waals surface area (Å²) >= 11 is 0. The summed E-state index contributed by atoms with van der Waals surface area (Å²) in [5.41, 5.74) is 0.276. The summed E-state index contributed by atoms with van der Waals surface area (Å²) in [6.07, 6.45) is 5.81. The molecular weight excluding hydrogens is 270 g/mol. The molecule has 7 heteroatoms. The van der Waals surface area contributed by atoms with E-state index in [9.17, 15) is 9.59 Å². The number of fused-ring (bicyclic) bond motifs is 1. The molecule has 1 atom stereocenters. The highest BCUT2D eigenvalue weighted by Crippen LogP contribution is 2.12. The van der Waals surface area contributed by atoms with E-state index in [0.717, 1.165) is 32.2 Å². The zero-order valence-electron chi connectivity index (χ0n) is 12.3. The van der Waals surface area contributed by atoms with Crippen molar-refractivity contribution in [1.29, 1.82) is 0 Å². The van der Waals surface area contributed by atoms with E-state index < -0.39 is 0 Å². The molecule has 0 radical (unpaired) electrons. The van der Waals surface area contributed by atoms with Crippen LogP contribution in [0, 0.1) is 0 Å². The molecule has 1 saturated heterocycles. The average molecular weight is 291 g/mol. The first-order valence-corrected chi connectivity index (χ1v) is 7.62. The van der Waals surface area contributed by atoms with Gasteiger partial charge in [-0.15, -0.1) is 0 Å². The van der Waals surface area contributed by atoms with Gasteiger partial charge in [0.2, 0.25) is 0 Å². The molecule has 1 aliphatic heterocycles. The Labute approximate surface area is 122 Å². The van der Waals surface area contributed by atoms with Gasteiger partial charge in [0, 0.05) is 19.1 Å². The van der Waals surface area contributed by atoms with Crippen LogP contribution in [-0.4, -0.2) is 31.7 Å². The van der Waals surface area contributed by atoms with Crippen LogP contribution in [0.5, 0.6) is 0 Å². The van der Waals surface area contributed by atoms with Crippen molar-refractivity contribution in [1.82, 2.24) is 24.4 Å². The Bertz CT molecular complexity index is 736. The fourth-order valence-electron chi connectivity index (χ4n) is 2.93. The van der Waals surface area contributed by atoms with Gasteiger partial charge in [-0.3, -0.25) is 14.3 Å². The molecule has 0 aromatic carbocycles. The van der Waals surface area contributed by atoms with Crippen LogP contribution in [0.2, 0.25) is 0 Å². The molecule has 0 aliphatic carbocycles. The van der Waals surface area contributed by atoms with Gasteiger partial charge in [-0.25, -0.2) is 9.78 Å². The van der Waals surface area contributed by atoms with Crippen molar-refractivity contribution in [3.05, 3.63) is 27.2 Å². The normalized spacial score (nSPS) is 18.6. The van der Waals surface area contributed by atoms with E-state index >= 15 is 0 Å². The molecular formula is C14H21N5O2. The number of nitrogens with zero attached hydrogens (tertiary/aromatic N) is 3. The van der Waals surface area contributed by atoms with Crippen molar-refractivity contribution in [2.45, 2.75) is 51.7 Å². The lowest BCUT2D eigenvalue weighted by Gasteiger charge is -2.11. The zero-order chi connectivity index (χ0) is 14.8. The molecule has 0 bridgehead atoms. The van der Waals surface area contributed by atoms with E-state index in [2.05, 4.69) is 22.2 Å². The second-order valence-electron chi connectivity index (χ2n) is 5.63. The van der Waals surface area contributed by atoms with Crippen molar-refractivity contribution in [2.24, 2.45) is 0 Å². The molecule has 2 aromatic rings. The molecule has 3 rings (SSSR count). The summed E-state index contributed by atoms with van der Waals surface area (Å²) < 4.78 is 3.43. The third-order valence-electron chi connectivity index (χ3n) is 4.07. The number of hydrogen-bond donors (Lipinski definition) is 2. The van der Waals surface area contributed by atoms with Crippen molar-refractivity contribution < 1.29 is 0 Å². The fourth-order valence-corrected chi connectivity index (χ4v) is 2.93. The molecule has 0 spiro atoms. The summed E-state index contributed by atoms with van der Waals surface area (Å²) in [6.45, 7) is 4.39. The summed E-state index contributed by atoms with van der Waals surface area (Å²) in [7, 11) is 0. The van der Waals surface area contributed by atoms with Crippen LogP contribution >= 0.6 is 0 Å². The van der Waals surface area contributed by atoms with Crippen LogP contribution in [0.15, 0.2) is 15.9 Å². The minimum Gasteiger partial charge on any atom is -0.323 e. The van der Waals surface area contributed by atoms with Gasteiger partial charge in [-0.05, 0) is 25.8 Å². The lowest BCUT2D eigenvalue weighted by molar-refractivity contribution is 0.516. The monoisotopic (exact) mass is 291 g/mol. The van der Waals surface area contributed by atoms with Crippen LogP contribution in [-0.2, 0) is 13.1 Å². The van der Waals surface area contributed by atoms with Gasteiger partial charge in [-0.2, -0.15) is 0 Å². The van der Waals surface area contributed by atoms with Gasteiger partial charge in [0.05, 0.1) is 6.33 Å². The molecule has 114 valence electrons. The average Bonchev–Trinajstić information content (AvgIpc) is 3.09. The number of imidazole rings is 1. The number of H-pyrrole nitrogens is 1. The summed E-state index contributed by atoms with van der Waals surface area (Å²) in [6, 6.07) is 0.373. The number of unbranched alkanes of at least 4 members (excludes halogenated alkanes) is 1. The predicted octanol–water partition coefficient (Wildman–Crippen LogP) is 0.438. The summed E-state index contributed by atoms with van der Waals surface area (Å²) in [5.74, 6) is 0. The molecule has 0 saturated carbocycles. The third-order valence-corrected chi connectivity index (χ3v) is 4.07.